The number of benzene rings is 3. The molecule has 3 aromatic carbocycles. The molecule has 0 saturated carbocycles. The third kappa shape index (κ3) is 9.53. The van der Waals surface area contributed by atoms with Crippen LogP contribution in [-0.2, 0) is 43.6 Å². The van der Waals surface area contributed by atoms with Crippen LogP contribution in [0.4, 0.5) is 26.7 Å². The molecule has 22 heteroatoms. The number of esters is 1. The first-order valence-electron chi connectivity index (χ1n) is 18.6. The summed E-state index contributed by atoms with van der Waals surface area (Å²) in [7, 11) is 0. The number of fused-ring (bicyclic) bond motifs is 1. The number of hydrogen-bond donors (Lipinski definition) is 2. The minimum Gasteiger partial charge on any atom is -0.456 e. The van der Waals surface area contributed by atoms with Gasteiger partial charge in [-0.05, 0) is 66.4 Å². The highest BCUT2D eigenvalue weighted by Crippen LogP contribution is 2.52. The minimum absolute atomic E-state index is 0.0535. The van der Waals surface area contributed by atoms with E-state index in [2.05, 4.69) is 5.32 Å². The van der Waals surface area contributed by atoms with Crippen molar-refractivity contribution in [2.24, 2.45) is 11.8 Å². The molecule has 6 rings (SSSR count). The predicted molar refractivity (Wildman–Crippen MR) is 210 cm³/mol. The Hall–Kier alpha value is -7.12. The monoisotopic (exact) mass is 859 g/mol. The number of carbonyl (C=O) groups is 4. The zero-order valence-electron chi connectivity index (χ0n) is 32.4. The number of non-ortho nitro benzene ring substituents is 3. The van der Waals surface area contributed by atoms with Gasteiger partial charge >= 0.3 is 18.2 Å². The van der Waals surface area contributed by atoms with Gasteiger partial charge in [-0.15, -0.1) is 11.8 Å². The summed E-state index contributed by atoms with van der Waals surface area (Å²) in [6.07, 6.45) is -2.91. The van der Waals surface area contributed by atoms with E-state index in [1.54, 1.807) is 6.92 Å². The van der Waals surface area contributed by atoms with Crippen molar-refractivity contribution in [3.8, 4) is 6.07 Å². The molecular weight excluding hydrogens is 823 g/mol. The van der Waals surface area contributed by atoms with Gasteiger partial charge in [-0.1, -0.05) is 6.92 Å². The Bertz CT molecular complexity index is 2300. The molecule has 3 heterocycles. The molecule has 2 fully saturated rings. The van der Waals surface area contributed by atoms with Crippen LogP contribution in [0.3, 0.4) is 0 Å². The highest BCUT2D eigenvalue weighted by Gasteiger charge is 2.60. The van der Waals surface area contributed by atoms with E-state index in [9.17, 15) is 59.9 Å². The zero-order chi connectivity index (χ0) is 44.1. The van der Waals surface area contributed by atoms with Gasteiger partial charge in [0.1, 0.15) is 31.6 Å². The fraction of sp³-hybridized carbons (Fsp3) is 0.359. The molecule has 0 spiro atoms. The van der Waals surface area contributed by atoms with E-state index in [1.165, 1.54) is 89.5 Å². The van der Waals surface area contributed by atoms with Crippen molar-refractivity contribution in [2.75, 3.05) is 6.54 Å². The van der Waals surface area contributed by atoms with Crippen LogP contribution in [0.1, 0.15) is 37.0 Å². The molecular formula is C39H37N7O14S. The summed E-state index contributed by atoms with van der Waals surface area (Å²) in [5, 5.41) is 55.9. The van der Waals surface area contributed by atoms with E-state index in [0.29, 0.717) is 21.6 Å². The lowest BCUT2D eigenvalue weighted by molar-refractivity contribution is -0.385. The van der Waals surface area contributed by atoms with E-state index in [4.69, 9.17) is 14.2 Å². The average molecular weight is 860 g/mol. The standard InChI is InChI=1S/C39H37N7O14S/c1-21-33-32(22(2)47)36(48)43(33)34(37(49)58-18-23-3-9-26(10-4-23)44(52)53)35(21)61-29-15-31(42(17-29)39(51)60-20-25-7-13-28(14-8-25)46(56)57)30(16-40)41-38(50)59-19-24-5-11-27(12-6-24)45(54)55/h3-14,21-22,29-33,47H,15,17-20H2,1-2H3,(H,41,50)/t21-,22-,29-,30?,31+,32-,33-/m1/s1. The number of hydrogen-bond acceptors (Lipinski definition) is 16. The normalized spacial score (nSPS) is 21.3. The number of alkyl carbamates (subject to hydrolysis) is 1. The fourth-order valence-corrected chi connectivity index (χ4v) is 8.94. The minimum atomic E-state index is -1.37. The maximum atomic E-state index is 13.8. The number of β-lactam (4-membered cyclic amide) rings is 1. The summed E-state index contributed by atoms with van der Waals surface area (Å²) in [5.74, 6) is -2.68. The van der Waals surface area contributed by atoms with E-state index >= 15 is 0 Å². The molecule has 0 aromatic heterocycles. The lowest BCUT2D eigenvalue weighted by Gasteiger charge is -2.46. The summed E-state index contributed by atoms with van der Waals surface area (Å²) in [4.78, 5) is 88.3. The number of likely N-dealkylation sites (tertiary alicyclic amines) is 1. The lowest BCUT2D eigenvalue weighted by atomic mass is 9.79. The smallest absolute Gasteiger partial charge is 0.410 e. The summed E-state index contributed by atoms with van der Waals surface area (Å²) >= 11 is 1.16. The molecule has 3 amide bonds. The predicted octanol–water partition coefficient (Wildman–Crippen LogP) is 4.85. The summed E-state index contributed by atoms with van der Waals surface area (Å²) in [6.45, 7) is 2.29. The molecule has 3 aliphatic rings. The van der Waals surface area contributed by atoms with E-state index in [1.807, 2.05) is 6.07 Å². The van der Waals surface area contributed by atoms with Crippen molar-refractivity contribution >= 4 is 52.9 Å². The number of rotatable bonds is 15. The summed E-state index contributed by atoms with van der Waals surface area (Å²) in [6, 6.07) is 14.9. The molecule has 61 heavy (non-hydrogen) atoms. The van der Waals surface area contributed by atoms with Gasteiger partial charge in [0.2, 0.25) is 5.91 Å². The molecule has 2 N–H and O–H groups in total. The second-order valence-corrected chi connectivity index (χ2v) is 15.7. The van der Waals surface area contributed by atoms with E-state index in [0.717, 1.165) is 11.8 Å². The number of aliphatic hydroxyl groups is 1. The van der Waals surface area contributed by atoms with Crippen molar-refractivity contribution in [1.29, 1.82) is 5.26 Å². The second kappa shape index (κ2) is 18.4. The van der Waals surface area contributed by atoms with Crippen LogP contribution >= 0.6 is 11.8 Å². The van der Waals surface area contributed by atoms with Crippen molar-refractivity contribution in [3.63, 3.8) is 0 Å². The Morgan fingerprint density at radius 2 is 1.33 bits per heavy atom. The first kappa shape index (κ1) is 43.5. The number of ether oxygens (including phenoxy) is 3. The maximum absolute atomic E-state index is 13.8. The van der Waals surface area contributed by atoms with Crippen molar-refractivity contribution in [1.82, 2.24) is 15.1 Å². The Kier molecular flexibility index (Phi) is 13.1. The van der Waals surface area contributed by atoms with Gasteiger partial charge in [-0.25, -0.2) is 14.4 Å². The Balaban J connectivity index is 1.22. The number of nitro benzene ring substituents is 3. The van der Waals surface area contributed by atoms with Crippen LogP contribution in [-0.4, -0.2) is 89.8 Å². The van der Waals surface area contributed by atoms with Gasteiger partial charge in [0.15, 0.2) is 0 Å². The van der Waals surface area contributed by atoms with Crippen molar-refractivity contribution in [2.45, 2.75) is 69.6 Å². The fourth-order valence-electron chi connectivity index (χ4n) is 7.40. The first-order valence-corrected chi connectivity index (χ1v) is 19.5. The van der Waals surface area contributed by atoms with Gasteiger partial charge in [-0.3, -0.25) is 35.1 Å². The molecule has 0 aliphatic carbocycles. The van der Waals surface area contributed by atoms with Crippen molar-refractivity contribution in [3.05, 3.63) is 130 Å². The first-order chi connectivity index (χ1) is 29.1. The highest BCUT2D eigenvalue weighted by atomic mass is 32.2. The molecule has 318 valence electrons. The largest absolute Gasteiger partial charge is 0.456 e. The van der Waals surface area contributed by atoms with Crippen molar-refractivity contribution < 1.29 is 53.3 Å². The zero-order valence-corrected chi connectivity index (χ0v) is 33.2. The number of thioether (sulfide) groups is 1. The second-order valence-electron chi connectivity index (χ2n) is 14.4. The van der Waals surface area contributed by atoms with Gasteiger partial charge in [-0.2, -0.15) is 5.26 Å². The molecule has 1 unspecified atom stereocenters. The molecule has 2 saturated heterocycles. The number of amides is 3. The number of nitriles is 1. The topological polar surface area (TPSA) is 288 Å². The molecule has 3 aliphatic heterocycles. The lowest BCUT2D eigenvalue weighted by Crippen LogP contribution is -2.63. The molecule has 3 aromatic rings. The van der Waals surface area contributed by atoms with Crippen LogP contribution in [0.15, 0.2) is 83.4 Å². The van der Waals surface area contributed by atoms with Crippen LogP contribution in [0.25, 0.3) is 0 Å². The third-order valence-electron chi connectivity index (χ3n) is 10.5. The van der Waals surface area contributed by atoms with Gasteiger partial charge in [0.25, 0.3) is 17.1 Å². The Morgan fingerprint density at radius 1 is 0.852 bits per heavy atom. The molecule has 7 atom stereocenters. The van der Waals surface area contributed by atoms with Gasteiger partial charge in [0.05, 0.1) is 44.9 Å². The average Bonchev–Trinajstić information content (AvgIpc) is 3.76. The number of nitrogens with one attached hydrogen (secondary N) is 1. The van der Waals surface area contributed by atoms with Gasteiger partial charge < -0.3 is 34.4 Å². The van der Waals surface area contributed by atoms with Crippen LogP contribution in [0.2, 0.25) is 0 Å². The molecule has 0 bridgehead atoms. The van der Waals surface area contributed by atoms with Crippen LogP contribution in [0, 0.1) is 53.5 Å². The number of carbonyl (C=O) groups excluding carboxylic acids is 4. The number of nitrogens with zero attached hydrogens (tertiary/aromatic N) is 6. The third-order valence-corrected chi connectivity index (χ3v) is 12.0. The molecule has 21 nitrogen and oxygen atoms in total. The Morgan fingerprint density at radius 3 is 1.79 bits per heavy atom. The number of aliphatic hydroxyl groups excluding tert-OH is 1. The number of nitro groups is 3. The van der Waals surface area contributed by atoms with E-state index < -0.39 is 80.1 Å². The van der Waals surface area contributed by atoms with Crippen LogP contribution in [0.5, 0.6) is 0 Å². The van der Waals surface area contributed by atoms with Gasteiger partial charge in [0, 0.05) is 59.0 Å². The molecule has 0 radical (unpaired) electrons. The SMILES string of the molecule is C[C@@H](O)[C@H]1C(=O)N2C(C(=O)OCc3ccc([N+](=O)[O-])cc3)=C(S[C@@H]3C[C@@H](C(C#N)NC(=O)OCc4ccc([N+](=O)[O-])cc4)N(C(=O)OCc4ccc([N+](=O)[O-])cc4)C3)[C@H](C)[C@H]12. The quantitative estimate of drug-likeness (QED) is 0.0678. The maximum Gasteiger partial charge on any atom is 0.410 e. The summed E-state index contributed by atoms with van der Waals surface area (Å²) in [5.41, 5.74) is 0.725. The summed E-state index contributed by atoms with van der Waals surface area (Å²) < 4.78 is 16.4. The Labute approximate surface area is 350 Å². The van der Waals surface area contributed by atoms with E-state index in [-0.39, 0.29) is 55.5 Å². The highest BCUT2D eigenvalue weighted by molar-refractivity contribution is 8.03. The van der Waals surface area contributed by atoms with Crippen LogP contribution < -0.4 is 5.32 Å².